The smallest absolute Gasteiger partial charge is 0.335 e. The fourth-order valence-corrected chi connectivity index (χ4v) is 5.87. The highest BCUT2D eigenvalue weighted by Gasteiger charge is 2.40. The van der Waals surface area contributed by atoms with Gasteiger partial charge in [0.25, 0.3) is 0 Å². The van der Waals surface area contributed by atoms with E-state index in [4.69, 9.17) is 0 Å². The van der Waals surface area contributed by atoms with E-state index >= 15 is 0 Å². The monoisotopic (exact) mass is 457 g/mol. The average Bonchev–Trinajstić information content (AvgIpc) is 3.42. The number of hydrogen-bond acceptors (Lipinski definition) is 6. The lowest BCUT2D eigenvalue weighted by Crippen LogP contribution is -2.41. The molecule has 1 saturated carbocycles. The summed E-state index contributed by atoms with van der Waals surface area (Å²) in [7, 11) is -3.09. The van der Waals surface area contributed by atoms with Gasteiger partial charge < -0.3 is 15.0 Å². The minimum absolute atomic E-state index is 0.148. The number of rotatable bonds is 5. The first-order valence-electron chi connectivity index (χ1n) is 10.8. The maximum atomic E-state index is 11.5. The first kappa shape index (κ1) is 21.3. The number of aliphatic hydroxyl groups excluding tert-OH is 1. The van der Waals surface area contributed by atoms with Gasteiger partial charge in [-0.25, -0.2) is 9.97 Å². The first-order chi connectivity index (χ1) is 15.2. The van der Waals surface area contributed by atoms with Gasteiger partial charge in [-0.15, -0.1) is 0 Å². The van der Waals surface area contributed by atoms with Crippen molar-refractivity contribution in [1.29, 1.82) is 0 Å². The molecule has 3 aromatic rings. The number of fused-ring (bicyclic) bond motifs is 2. The summed E-state index contributed by atoms with van der Waals surface area (Å²) in [5.41, 5.74) is 3.38. The highest BCUT2D eigenvalue weighted by atomic mass is 32.2. The Kier molecular flexibility index (Phi) is 5.20. The van der Waals surface area contributed by atoms with Crippen molar-refractivity contribution in [1.82, 2.24) is 18.8 Å². The predicted molar refractivity (Wildman–Crippen MR) is 121 cm³/mol. The van der Waals surface area contributed by atoms with Crippen molar-refractivity contribution in [2.75, 3.05) is 12.4 Å². The standard InChI is InChI=1S/C22H27N5O4S/c1-13-9-14-5-3-4-6-16(14)20(13)25-21-17-7-8-27(22(17)24-12-23-21)15-10-18(19(28)11-15)26(2)32(29,30)31/h3-8,12-13,15,18-20,28H,9-11H2,1-2H3,(H,23,24,25)(H,29,30,31)/t13-,15+,18-,19-,20-/m1/s1. The number of aromatic nitrogens is 3. The largest absolute Gasteiger partial charge is 0.391 e. The quantitative estimate of drug-likeness (QED) is 0.504. The van der Waals surface area contributed by atoms with Crippen LogP contribution in [0.15, 0.2) is 42.9 Å². The lowest BCUT2D eigenvalue weighted by atomic mass is 10.0. The van der Waals surface area contributed by atoms with Gasteiger partial charge in [0.1, 0.15) is 17.8 Å². The summed E-state index contributed by atoms with van der Waals surface area (Å²) in [6.45, 7) is 2.23. The zero-order valence-electron chi connectivity index (χ0n) is 18.0. The molecule has 1 aromatic carbocycles. The Hall–Kier alpha value is -2.53. The van der Waals surface area contributed by atoms with E-state index in [0.717, 1.165) is 27.6 Å². The molecule has 9 nitrogen and oxygen atoms in total. The van der Waals surface area contributed by atoms with Gasteiger partial charge in [-0.3, -0.25) is 4.55 Å². The Morgan fingerprint density at radius 1 is 1.19 bits per heavy atom. The highest BCUT2D eigenvalue weighted by Crippen LogP contribution is 2.40. The van der Waals surface area contributed by atoms with E-state index in [1.165, 1.54) is 24.5 Å². The van der Waals surface area contributed by atoms with Crippen LogP contribution in [0.25, 0.3) is 11.0 Å². The molecule has 2 heterocycles. The van der Waals surface area contributed by atoms with Gasteiger partial charge in [-0.2, -0.15) is 12.7 Å². The molecule has 5 atom stereocenters. The van der Waals surface area contributed by atoms with Crippen LogP contribution in [0, 0.1) is 5.92 Å². The number of benzene rings is 1. The van der Waals surface area contributed by atoms with Crippen LogP contribution >= 0.6 is 0 Å². The topological polar surface area (TPSA) is 121 Å². The van der Waals surface area contributed by atoms with Crippen molar-refractivity contribution in [3.05, 3.63) is 54.0 Å². The normalized spacial score (nSPS) is 27.8. The third-order valence-electron chi connectivity index (χ3n) is 7.00. The Labute approximate surface area is 187 Å². The summed E-state index contributed by atoms with van der Waals surface area (Å²) >= 11 is 0. The van der Waals surface area contributed by atoms with Gasteiger partial charge in [-0.1, -0.05) is 31.2 Å². The Morgan fingerprint density at radius 3 is 2.75 bits per heavy atom. The van der Waals surface area contributed by atoms with Crippen LogP contribution < -0.4 is 5.32 Å². The summed E-state index contributed by atoms with van der Waals surface area (Å²) in [5.74, 6) is 1.19. The zero-order chi connectivity index (χ0) is 22.6. The summed E-state index contributed by atoms with van der Waals surface area (Å²) < 4.78 is 35.2. The lowest BCUT2D eigenvalue weighted by Gasteiger charge is -2.23. The minimum Gasteiger partial charge on any atom is -0.391 e. The van der Waals surface area contributed by atoms with Crippen molar-refractivity contribution in [2.24, 2.45) is 5.92 Å². The highest BCUT2D eigenvalue weighted by molar-refractivity contribution is 7.83. The third-order valence-corrected chi connectivity index (χ3v) is 8.00. The predicted octanol–water partition coefficient (Wildman–Crippen LogP) is 2.58. The molecule has 0 unspecified atom stereocenters. The van der Waals surface area contributed by atoms with Crippen LogP contribution in [0.1, 0.15) is 43.0 Å². The number of hydrogen-bond donors (Lipinski definition) is 3. The minimum atomic E-state index is -4.38. The summed E-state index contributed by atoms with van der Waals surface area (Å²) in [5, 5.41) is 14.9. The van der Waals surface area contributed by atoms with Gasteiger partial charge in [0.2, 0.25) is 0 Å². The number of anilines is 1. The van der Waals surface area contributed by atoms with Crippen LogP contribution in [0.3, 0.4) is 0 Å². The van der Waals surface area contributed by atoms with Crippen LogP contribution in [-0.4, -0.2) is 56.1 Å². The van der Waals surface area contributed by atoms with Gasteiger partial charge in [-0.05, 0) is 42.4 Å². The van der Waals surface area contributed by atoms with Crippen molar-refractivity contribution < 1.29 is 18.1 Å². The molecule has 0 radical (unpaired) electrons. The second-order valence-electron chi connectivity index (χ2n) is 8.94. The van der Waals surface area contributed by atoms with E-state index in [-0.39, 0.29) is 12.1 Å². The molecule has 0 spiro atoms. The Morgan fingerprint density at radius 2 is 1.97 bits per heavy atom. The van der Waals surface area contributed by atoms with E-state index in [1.807, 2.05) is 16.8 Å². The molecule has 32 heavy (non-hydrogen) atoms. The second kappa shape index (κ2) is 7.80. The van der Waals surface area contributed by atoms with E-state index in [2.05, 4.69) is 46.5 Å². The molecule has 5 rings (SSSR count). The summed E-state index contributed by atoms with van der Waals surface area (Å²) in [4.78, 5) is 8.98. The van der Waals surface area contributed by atoms with Crippen molar-refractivity contribution in [3.8, 4) is 0 Å². The number of likely N-dealkylation sites (N-methyl/N-ethyl adjacent to an activating group) is 1. The zero-order valence-corrected chi connectivity index (χ0v) is 18.8. The number of nitrogens with one attached hydrogen (secondary N) is 1. The molecular formula is C22H27N5O4S. The third kappa shape index (κ3) is 3.57. The summed E-state index contributed by atoms with van der Waals surface area (Å²) in [6, 6.07) is 9.73. The van der Waals surface area contributed by atoms with Crippen molar-refractivity contribution in [3.63, 3.8) is 0 Å². The van der Waals surface area contributed by atoms with Gasteiger partial charge in [0.15, 0.2) is 0 Å². The number of nitrogens with zero attached hydrogens (tertiary/aromatic N) is 4. The van der Waals surface area contributed by atoms with Gasteiger partial charge in [0.05, 0.1) is 23.6 Å². The first-order valence-corrected chi connectivity index (χ1v) is 12.2. The van der Waals surface area contributed by atoms with Crippen molar-refractivity contribution in [2.45, 2.75) is 50.4 Å². The molecule has 3 N–H and O–H groups in total. The molecule has 170 valence electrons. The fraction of sp³-hybridized carbons (Fsp3) is 0.455. The number of aliphatic hydroxyl groups is 1. The molecule has 10 heteroatoms. The molecule has 2 aromatic heterocycles. The molecule has 2 aliphatic rings. The Bertz CT molecular complexity index is 1260. The van der Waals surface area contributed by atoms with E-state index in [9.17, 15) is 18.1 Å². The van der Waals surface area contributed by atoms with Gasteiger partial charge in [0, 0.05) is 19.3 Å². The maximum absolute atomic E-state index is 11.5. The maximum Gasteiger partial charge on any atom is 0.335 e. The molecule has 0 aliphatic heterocycles. The van der Waals surface area contributed by atoms with E-state index in [1.54, 1.807) is 0 Å². The van der Waals surface area contributed by atoms with E-state index < -0.39 is 22.4 Å². The lowest BCUT2D eigenvalue weighted by molar-refractivity contribution is 0.117. The molecule has 0 bridgehead atoms. The molecule has 0 amide bonds. The Balaban J connectivity index is 1.43. The molecule has 2 aliphatic carbocycles. The fourth-order valence-electron chi connectivity index (χ4n) is 5.30. The van der Waals surface area contributed by atoms with Gasteiger partial charge >= 0.3 is 10.3 Å². The molecule has 0 saturated heterocycles. The molecule has 1 fully saturated rings. The van der Waals surface area contributed by atoms with Crippen LogP contribution in [0.4, 0.5) is 5.82 Å². The summed E-state index contributed by atoms with van der Waals surface area (Å²) in [6.07, 6.45) is 4.32. The van der Waals surface area contributed by atoms with Crippen LogP contribution in [0.5, 0.6) is 0 Å². The average molecular weight is 458 g/mol. The second-order valence-corrected chi connectivity index (χ2v) is 10.4. The van der Waals surface area contributed by atoms with Crippen LogP contribution in [0.2, 0.25) is 0 Å². The molecular weight excluding hydrogens is 430 g/mol. The van der Waals surface area contributed by atoms with E-state index in [0.29, 0.717) is 18.8 Å². The van der Waals surface area contributed by atoms with Crippen molar-refractivity contribution >= 4 is 27.2 Å². The van der Waals surface area contributed by atoms with Crippen LogP contribution in [-0.2, 0) is 16.7 Å². The SMILES string of the molecule is C[C@@H]1Cc2ccccc2[C@@H]1Nc1ncnc2c1ccn2[C@@H]1C[C@@H](O)[C@H](N(C)S(=O)(=O)O)C1.